The number of aromatic nitrogens is 1. The van der Waals surface area contributed by atoms with E-state index in [9.17, 15) is 5.11 Å². The highest BCUT2D eigenvalue weighted by molar-refractivity contribution is 5.97. The van der Waals surface area contributed by atoms with Crippen molar-refractivity contribution < 1.29 is 14.6 Å². The largest absolute Gasteiger partial charge is 0.494 e. The maximum Gasteiger partial charge on any atom is 0.145 e. The number of pyridine rings is 1. The normalized spacial score (nSPS) is 16.4. The van der Waals surface area contributed by atoms with E-state index in [-0.39, 0.29) is 0 Å². The average molecular weight is 364 g/mol. The lowest BCUT2D eigenvalue weighted by atomic mass is 9.98. The number of benzene rings is 2. The minimum atomic E-state index is -0.494. The van der Waals surface area contributed by atoms with Crippen molar-refractivity contribution in [2.45, 2.75) is 6.10 Å². The van der Waals surface area contributed by atoms with Gasteiger partial charge in [-0.1, -0.05) is 30.3 Å². The third-order valence-corrected chi connectivity index (χ3v) is 5.09. The molecule has 0 bridgehead atoms. The maximum atomic E-state index is 10.6. The van der Waals surface area contributed by atoms with Gasteiger partial charge in [0, 0.05) is 31.2 Å². The van der Waals surface area contributed by atoms with Crippen molar-refractivity contribution in [3.05, 3.63) is 60.3 Å². The minimum Gasteiger partial charge on any atom is -0.494 e. The summed E-state index contributed by atoms with van der Waals surface area (Å²) in [4.78, 5) is 6.71. The monoisotopic (exact) mass is 364 g/mol. The van der Waals surface area contributed by atoms with E-state index in [0.29, 0.717) is 6.54 Å². The number of hydrogen-bond acceptors (Lipinski definition) is 5. The van der Waals surface area contributed by atoms with Gasteiger partial charge in [0.15, 0.2) is 0 Å². The summed E-state index contributed by atoms with van der Waals surface area (Å²) in [6.45, 7) is 3.87. The Morgan fingerprint density at radius 1 is 1.11 bits per heavy atom. The smallest absolute Gasteiger partial charge is 0.145 e. The van der Waals surface area contributed by atoms with Crippen LogP contribution in [0.3, 0.4) is 0 Å². The van der Waals surface area contributed by atoms with E-state index in [2.05, 4.69) is 34.1 Å². The van der Waals surface area contributed by atoms with Gasteiger partial charge in [-0.25, -0.2) is 0 Å². The van der Waals surface area contributed by atoms with Crippen LogP contribution >= 0.6 is 0 Å². The Morgan fingerprint density at radius 3 is 2.63 bits per heavy atom. The highest BCUT2D eigenvalue weighted by Crippen LogP contribution is 2.33. The summed E-state index contributed by atoms with van der Waals surface area (Å²) in [5.41, 5.74) is 3.99. The topological polar surface area (TPSA) is 54.8 Å². The van der Waals surface area contributed by atoms with Crippen molar-refractivity contribution in [1.29, 1.82) is 0 Å². The van der Waals surface area contributed by atoms with E-state index in [4.69, 9.17) is 9.47 Å². The molecule has 0 aliphatic carbocycles. The molecule has 0 amide bonds. The van der Waals surface area contributed by atoms with Crippen LogP contribution < -0.4 is 4.74 Å². The molecule has 1 saturated heterocycles. The van der Waals surface area contributed by atoms with Crippen molar-refractivity contribution in [2.24, 2.45) is 0 Å². The lowest BCUT2D eigenvalue weighted by Crippen LogP contribution is -2.38. The molecule has 1 aromatic heterocycles. The summed E-state index contributed by atoms with van der Waals surface area (Å²) in [6, 6.07) is 16.1. The van der Waals surface area contributed by atoms with Crippen LogP contribution in [0.2, 0.25) is 0 Å². The first-order valence-corrected chi connectivity index (χ1v) is 9.26. The fraction of sp³-hybridized carbons (Fsp3) is 0.318. The van der Waals surface area contributed by atoms with Gasteiger partial charge in [-0.15, -0.1) is 0 Å². The highest BCUT2D eigenvalue weighted by atomic mass is 16.5. The van der Waals surface area contributed by atoms with Gasteiger partial charge in [-0.3, -0.25) is 9.88 Å². The zero-order valence-corrected chi connectivity index (χ0v) is 15.5. The summed E-state index contributed by atoms with van der Waals surface area (Å²) in [5, 5.41) is 11.6. The Balaban J connectivity index is 1.58. The van der Waals surface area contributed by atoms with Crippen LogP contribution in [0.15, 0.2) is 54.7 Å². The van der Waals surface area contributed by atoms with Crippen molar-refractivity contribution in [1.82, 2.24) is 9.88 Å². The number of hydrogen-bond donors (Lipinski definition) is 1. The summed E-state index contributed by atoms with van der Waals surface area (Å²) in [5.74, 6) is 0.770. The molecule has 1 fully saturated rings. The number of aliphatic hydroxyl groups excluding tert-OH is 1. The zero-order chi connectivity index (χ0) is 18.6. The standard InChI is InChI=1S/C22H24N2O3/c1-26-21-9-8-18(19-3-2-10-23-22(19)21)16-4-6-17(7-5-16)20(25)15-24-11-13-27-14-12-24/h2-10,20,25H,11-15H2,1H3/t20-/m1/s1. The predicted molar refractivity (Wildman–Crippen MR) is 106 cm³/mol. The molecule has 27 heavy (non-hydrogen) atoms. The predicted octanol–water partition coefficient (Wildman–Crippen LogP) is 3.28. The summed E-state index contributed by atoms with van der Waals surface area (Å²) in [7, 11) is 1.66. The molecule has 0 spiro atoms. The zero-order valence-electron chi connectivity index (χ0n) is 15.5. The molecule has 0 radical (unpaired) electrons. The average Bonchev–Trinajstić information content (AvgIpc) is 2.74. The molecule has 5 nitrogen and oxygen atoms in total. The van der Waals surface area contributed by atoms with E-state index in [1.165, 1.54) is 0 Å². The van der Waals surface area contributed by atoms with Crippen LogP contribution in [0.4, 0.5) is 0 Å². The molecule has 2 aromatic carbocycles. The quantitative estimate of drug-likeness (QED) is 0.753. The molecular weight excluding hydrogens is 340 g/mol. The molecule has 0 unspecified atom stereocenters. The molecule has 2 heterocycles. The van der Waals surface area contributed by atoms with Gasteiger partial charge < -0.3 is 14.6 Å². The molecule has 3 aromatic rings. The number of morpholine rings is 1. The number of fused-ring (bicyclic) bond motifs is 1. The molecule has 1 aliphatic heterocycles. The number of ether oxygens (including phenoxy) is 2. The third-order valence-electron chi connectivity index (χ3n) is 5.09. The minimum absolute atomic E-state index is 0.494. The van der Waals surface area contributed by atoms with Gasteiger partial charge in [0.05, 0.1) is 26.4 Å². The molecular formula is C22H24N2O3. The number of rotatable bonds is 5. The number of β-amino-alcohol motifs (C(OH)–C–C–N with tert-alkyl or cyclic N) is 1. The summed E-state index contributed by atoms with van der Waals surface area (Å²) >= 11 is 0. The third kappa shape index (κ3) is 3.81. The number of nitrogens with zero attached hydrogens (tertiary/aromatic N) is 2. The van der Waals surface area contributed by atoms with Gasteiger partial charge >= 0.3 is 0 Å². The van der Waals surface area contributed by atoms with Crippen molar-refractivity contribution in [3.63, 3.8) is 0 Å². The van der Waals surface area contributed by atoms with Crippen LogP contribution in [0.1, 0.15) is 11.7 Å². The van der Waals surface area contributed by atoms with Gasteiger partial charge in [0.25, 0.3) is 0 Å². The Morgan fingerprint density at radius 2 is 1.89 bits per heavy atom. The first kappa shape index (κ1) is 17.9. The van der Waals surface area contributed by atoms with Gasteiger partial charge in [-0.05, 0) is 34.9 Å². The van der Waals surface area contributed by atoms with Gasteiger partial charge in [-0.2, -0.15) is 0 Å². The van der Waals surface area contributed by atoms with E-state index < -0.39 is 6.10 Å². The first-order chi connectivity index (χ1) is 13.3. The second kappa shape index (κ2) is 8.05. The molecule has 5 heteroatoms. The van der Waals surface area contributed by atoms with Crippen LogP contribution in [-0.4, -0.2) is 54.9 Å². The number of methoxy groups -OCH3 is 1. The fourth-order valence-corrected chi connectivity index (χ4v) is 3.58. The molecule has 1 aliphatic rings. The molecule has 4 rings (SSSR count). The van der Waals surface area contributed by atoms with E-state index in [1.54, 1.807) is 13.3 Å². The van der Waals surface area contributed by atoms with Crippen molar-refractivity contribution in [3.8, 4) is 16.9 Å². The Labute approximate surface area is 159 Å². The van der Waals surface area contributed by atoms with Crippen LogP contribution in [0.5, 0.6) is 5.75 Å². The van der Waals surface area contributed by atoms with E-state index in [1.807, 2.05) is 24.3 Å². The van der Waals surface area contributed by atoms with Crippen molar-refractivity contribution >= 4 is 10.9 Å². The van der Waals surface area contributed by atoms with Crippen molar-refractivity contribution in [2.75, 3.05) is 40.0 Å². The first-order valence-electron chi connectivity index (χ1n) is 9.26. The second-order valence-corrected chi connectivity index (χ2v) is 6.77. The Kier molecular flexibility index (Phi) is 5.34. The van der Waals surface area contributed by atoms with E-state index >= 15 is 0 Å². The number of aliphatic hydroxyl groups is 1. The molecule has 1 atom stereocenters. The lowest BCUT2D eigenvalue weighted by Gasteiger charge is -2.28. The Hall–Kier alpha value is -2.47. The molecule has 0 saturated carbocycles. The lowest BCUT2D eigenvalue weighted by molar-refractivity contribution is 0.0143. The molecule has 140 valence electrons. The second-order valence-electron chi connectivity index (χ2n) is 6.77. The molecule has 1 N–H and O–H groups in total. The maximum absolute atomic E-state index is 10.6. The fourth-order valence-electron chi connectivity index (χ4n) is 3.58. The van der Waals surface area contributed by atoms with Crippen LogP contribution in [0.25, 0.3) is 22.0 Å². The summed E-state index contributed by atoms with van der Waals surface area (Å²) < 4.78 is 10.8. The van der Waals surface area contributed by atoms with Crippen LogP contribution in [0, 0.1) is 0 Å². The van der Waals surface area contributed by atoms with Crippen LogP contribution in [-0.2, 0) is 4.74 Å². The van der Waals surface area contributed by atoms with E-state index in [0.717, 1.165) is 59.6 Å². The highest BCUT2D eigenvalue weighted by Gasteiger charge is 2.16. The van der Waals surface area contributed by atoms with Gasteiger partial charge in [0.2, 0.25) is 0 Å². The SMILES string of the molecule is COc1ccc(-c2ccc([C@H](O)CN3CCOCC3)cc2)c2cccnc12. The Bertz CT molecular complexity index is 905. The summed E-state index contributed by atoms with van der Waals surface area (Å²) in [6.07, 6.45) is 1.28. The van der Waals surface area contributed by atoms with Gasteiger partial charge in [0.1, 0.15) is 11.3 Å².